The molecule has 1 rings (SSSR count). The number of halogens is 2. The van der Waals surface area contributed by atoms with Gasteiger partial charge in [0.1, 0.15) is 6.26 Å². The Kier molecular flexibility index (Phi) is 14.1. The van der Waals surface area contributed by atoms with Gasteiger partial charge in [-0.15, -0.1) is 24.8 Å². The molecule has 0 aliphatic heterocycles. The van der Waals surface area contributed by atoms with Crippen LogP contribution in [0.4, 0.5) is 0 Å². The van der Waals surface area contributed by atoms with E-state index >= 15 is 0 Å². The molecule has 0 aliphatic rings. The Labute approximate surface area is 123 Å². The van der Waals surface area contributed by atoms with Gasteiger partial charge in [-0.25, -0.2) is 4.98 Å². The van der Waals surface area contributed by atoms with Crippen LogP contribution in [0.3, 0.4) is 0 Å². The third-order valence-electron chi connectivity index (χ3n) is 1.63. The Morgan fingerprint density at radius 3 is 2.82 bits per heavy atom. The molecule has 1 aromatic heterocycles. The van der Waals surface area contributed by atoms with Crippen molar-refractivity contribution in [3.05, 3.63) is 12.5 Å². The molecule has 17 heavy (non-hydrogen) atoms. The van der Waals surface area contributed by atoms with Crippen molar-refractivity contribution in [2.75, 3.05) is 25.6 Å². The molecule has 0 unspecified atom stereocenters. The molecular formula is C9H17Cl2N3OS2. The van der Waals surface area contributed by atoms with Gasteiger partial charge < -0.3 is 9.73 Å². The summed E-state index contributed by atoms with van der Waals surface area (Å²) in [6.07, 6.45) is 6.33. The van der Waals surface area contributed by atoms with E-state index in [0.29, 0.717) is 0 Å². The topological polar surface area (TPSA) is 50.4 Å². The molecule has 1 heterocycles. The first kappa shape index (κ1) is 19.3. The van der Waals surface area contributed by atoms with Crippen LogP contribution in [-0.4, -0.2) is 35.8 Å². The van der Waals surface area contributed by atoms with Crippen LogP contribution in [0.2, 0.25) is 0 Å². The molecule has 0 aliphatic carbocycles. The van der Waals surface area contributed by atoms with Crippen molar-refractivity contribution in [2.45, 2.75) is 11.6 Å². The van der Waals surface area contributed by atoms with Crippen LogP contribution in [0.15, 0.2) is 27.1 Å². The van der Waals surface area contributed by atoms with Gasteiger partial charge in [-0.3, -0.25) is 4.99 Å². The van der Waals surface area contributed by atoms with Gasteiger partial charge in [-0.1, -0.05) is 23.5 Å². The van der Waals surface area contributed by atoms with Crippen molar-refractivity contribution in [1.29, 1.82) is 0 Å². The highest BCUT2D eigenvalue weighted by Crippen LogP contribution is 2.14. The zero-order chi connectivity index (χ0) is 10.9. The Morgan fingerprint density at radius 1 is 1.53 bits per heavy atom. The van der Waals surface area contributed by atoms with Crippen LogP contribution in [0.5, 0.6) is 0 Å². The Balaban J connectivity index is 0. The Morgan fingerprint density at radius 2 is 2.29 bits per heavy atom. The van der Waals surface area contributed by atoms with Gasteiger partial charge in [0.2, 0.25) is 0 Å². The molecule has 4 nitrogen and oxygen atoms in total. The first-order valence-corrected chi connectivity index (χ1v) is 6.84. The number of nitrogens with one attached hydrogen (secondary N) is 1. The van der Waals surface area contributed by atoms with E-state index in [-0.39, 0.29) is 24.8 Å². The molecule has 8 heteroatoms. The molecule has 1 aromatic rings. The van der Waals surface area contributed by atoms with Gasteiger partial charge in [0, 0.05) is 19.3 Å². The van der Waals surface area contributed by atoms with Gasteiger partial charge in [-0.2, -0.15) is 0 Å². The molecule has 0 amide bonds. The predicted molar refractivity (Wildman–Crippen MR) is 81.2 cm³/mol. The SMILES string of the molecule is CN=C(NCCCSc1ncco1)SC.Cl.Cl. The summed E-state index contributed by atoms with van der Waals surface area (Å²) in [4.78, 5) is 8.11. The van der Waals surface area contributed by atoms with Crippen LogP contribution in [-0.2, 0) is 0 Å². The maximum atomic E-state index is 5.11. The highest BCUT2D eigenvalue weighted by Gasteiger charge is 1.98. The quantitative estimate of drug-likeness (QED) is 0.391. The summed E-state index contributed by atoms with van der Waals surface area (Å²) in [7, 11) is 1.79. The zero-order valence-electron chi connectivity index (χ0n) is 9.71. The van der Waals surface area contributed by atoms with E-state index in [9.17, 15) is 0 Å². The van der Waals surface area contributed by atoms with E-state index in [1.54, 1.807) is 43.0 Å². The fraction of sp³-hybridized carbons (Fsp3) is 0.556. The smallest absolute Gasteiger partial charge is 0.255 e. The van der Waals surface area contributed by atoms with Crippen molar-refractivity contribution in [2.24, 2.45) is 4.99 Å². The Bertz CT molecular complexity index is 296. The first-order chi connectivity index (χ1) is 7.36. The van der Waals surface area contributed by atoms with Crippen molar-refractivity contribution in [3.8, 4) is 0 Å². The molecule has 0 aromatic carbocycles. The molecule has 1 N–H and O–H groups in total. The monoisotopic (exact) mass is 317 g/mol. The molecular weight excluding hydrogens is 301 g/mol. The van der Waals surface area contributed by atoms with E-state index in [1.807, 2.05) is 6.26 Å². The molecule has 0 spiro atoms. The Hall–Kier alpha value is -0.0400. The van der Waals surface area contributed by atoms with Crippen molar-refractivity contribution in [3.63, 3.8) is 0 Å². The summed E-state index contributed by atoms with van der Waals surface area (Å²) in [6, 6.07) is 0. The van der Waals surface area contributed by atoms with Gasteiger partial charge in [-0.05, 0) is 12.7 Å². The standard InChI is InChI=1S/C9H15N3OS2.2ClH/c1-10-8(14-2)11-4-3-7-15-9-12-5-6-13-9;;/h5-6H,3-4,7H2,1-2H3,(H,10,11);2*1H. The van der Waals surface area contributed by atoms with E-state index in [1.165, 1.54) is 0 Å². The van der Waals surface area contributed by atoms with Crippen LogP contribution >= 0.6 is 48.3 Å². The second-order valence-electron chi connectivity index (χ2n) is 2.66. The van der Waals surface area contributed by atoms with Crippen molar-refractivity contribution >= 4 is 53.5 Å². The van der Waals surface area contributed by atoms with Crippen LogP contribution in [0.1, 0.15) is 6.42 Å². The number of thioether (sulfide) groups is 2. The van der Waals surface area contributed by atoms with Gasteiger partial charge in [0.15, 0.2) is 5.17 Å². The fourth-order valence-electron chi connectivity index (χ4n) is 0.951. The van der Waals surface area contributed by atoms with Crippen LogP contribution in [0.25, 0.3) is 0 Å². The summed E-state index contributed by atoms with van der Waals surface area (Å²) in [5, 5.41) is 4.97. The number of nitrogens with zero attached hydrogens (tertiary/aromatic N) is 2. The lowest BCUT2D eigenvalue weighted by Crippen LogP contribution is -2.21. The second-order valence-corrected chi connectivity index (χ2v) is 4.50. The van der Waals surface area contributed by atoms with Crippen LogP contribution < -0.4 is 5.32 Å². The average Bonchev–Trinajstić information content (AvgIpc) is 2.76. The van der Waals surface area contributed by atoms with E-state index in [4.69, 9.17) is 4.42 Å². The third kappa shape index (κ3) is 8.65. The second kappa shape index (κ2) is 12.4. The number of aliphatic imine (C=N–C) groups is 1. The van der Waals surface area contributed by atoms with Gasteiger partial charge in [0.05, 0.1) is 6.20 Å². The fourth-order valence-corrected chi connectivity index (χ4v) is 2.10. The average molecular weight is 318 g/mol. The number of oxazole rings is 1. The summed E-state index contributed by atoms with van der Waals surface area (Å²) in [5.41, 5.74) is 0. The maximum absolute atomic E-state index is 5.11. The normalized spacial score (nSPS) is 10.4. The van der Waals surface area contributed by atoms with Gasteiger partial charge in [0.25, 0.3) is 5.22 Å². The minimum atomic E-state index is 0. The molecule has 0 bridgehead atoms. The summed E-state index contributed by atoms with van der Waals surface area (Å²) >= 11 is 3.26. The van der Waals surface area contributed by atoms with E-state index < -0.39 is 0 Å². The summed E-state index contributed by atoms with van der Waals surface area (Å²) < 4.78 is 5.11. The number of hydrogen-bond donors (Lipinski definition) is 1. The summed E-state index contributed by atoms with van der Waals surface area (Å²) in [5.74, 6) is 0.999. The third-order valence-corrected chi connectivity index (χ3v) is 3.28. The number of hydrogen-bond acceptors (Lipinski definition) is 5. The molecule has 0 saturated heterocycles. The lowest BCUT2D eigenvalue weighted by atomic mass is 10.5. The predicted octanol–water partition coefficient (Wildman–Crippen LogP) is 2.94. The first-order valence-electron chi connectivity index (χ1n) is 4.63. The molecule has 100 valence electrons. The zero-order valence-corrected chi connectivity index (χ0v) is 13.0. The lowest BCUT2D eigenvalue weighted by Gasteiger charge is -2.05. The lowest BCUT2D eigenvalue weighted by molar-refractivity contribution is 0.454. The molecule has 0 saturated carbocycles. The van der Waals surface area contributed by atoms with E-state index in [0.717, 1.165) is 29.1 Å². The van der Waals surface area contributed by atoms with E-state index in [2.05, 4.69) is 15.3 Å². The molecule has 0 fully saturated rings. The van der Waals surface area contributed by atoms with Gasteiger partial charge >= 0.3 is 0 Å². The van der Waals surface area contributed by atoms with Crippen molar-refractivity contribution in [1.82, 2.24) is 10.3 Å². The summed E-state index contributed by atoms with van der Waals surface area (Å²) in [6.45, 7) is 0.932. The largest absolute Gasteiger partial charge is 0.440 e. The highest BCUT2D eigenvalue weighted by atomic mass is 35.5. The number of amidine groups is 1. The number of rotatable bonds is 5. The molecule has 0 radical (unpaired) electrons. The van der Waals surface area contributed by atoms with Crippen LogP contribution in [0, 0.1) is 0 Å². The number of aromatic nitrogens is 1. The minimum Gasteiger partial charge on any atom is -0.440 e. The van der Waals surface area contributed by atoms with Crippen molar-refractivity contribution < 1.29 is 4.42 Å². The molecule has 0 atom stereocenters. The highest BCUT2D eigenvalue weighted by molar-refractivity contribution is 8.13. The minimum absolute atomic E-state index is 0. The maximum Gasteiger partial charge on any atom is 0.255 e.